The minimum atomic E-state index is -2.74. The van der Waals surface area contributed by atoms with E-state index in [0.29, 0.717) is 12.8 Å². The molecule has 6 nitrogen and oxygen atoms in total. The highest BCUT2D eigenvalue weighted by Gasteiger charge is 2.29. The Kier molecular flexibility index (Phi) is 4.97. The highest BCUT2D eigenvalue weighted by Crippen LogP contribution is 2.33. The Labute approximate surface area is 127 Å². The number of amides is 1. The molecule has 1 heterocycles. The molecule has 0 aliphatic heterocycles. The average Bonchev–Trinajstić information content (AvgIpc) is 2.87. The summed E-state index contributed by atoms with van der Waals surface area (Å²) in [6, 6.07) is 0.0172. The molecular formula is C14H21F2N3O3. The fraction of sp³-hybridized carbons (Fsp3) is 0.786. The van der Waals surface area contributed by atoms with Crippen LogP contribution < -0.4 is 5.32 Å². The summed E-state index contributed by atoms with van der Waals surface area (Å²) in [5, 5.41) is 9.85. The summed E-state index contributed by atoms with van der Waals surface area (Å²) in [5.74, 6) is -0.410. The van der Waals surface area contributed by atoms with Crippen molar-refractivity contribution in [1.82, 2.24) is 15.5 Å². The van der Waals surface area contributed by atoms with E-state index in [2.05, 4.69) is 15.5 Å². The smallest absolute Gasteiger partial charge is 0.407 e. The number of aromatic nitrogens is 2. The highest BCUT2D eigenvalue weighted by molar-refractivity contribution is 5.68. The second kappa shape index (κ2) is 6.58. The summed E-state index contributed by atoms with van der Waals surface area (Å²) in [7, 11) is 0. The SMILES string of the molecule is CC(C)(C)OC(=O)N[C@H]1CC[C@H](c2nnc(C(F)F)o2)CC1. The third-order valence-corrected chi connectivity index (χ3v) is 3.44. The summed E-state index contributed by atoms with van der Waals surface area (Å²) in [4.78, 5) is 11.7. The monoisotopic (exact) mass is 317 g/mol. The van der Waals surface area contributed by atoms with Crippen molar-refractivity contribution in [3.63, 3.8) is 0 Å². The molecule has 0 aromatic carbocycles. The van der Waals surface area contributed by atoms with Gasteiger partial charge < -0.3 is 14.5 Å². The van der Waals surface area contributed by atoms with Gasteiger partial charge in [-0.3, -0.25) is 0 Å². The first kappa shape index (κ1) is 16.6. The fourth-order valence-corrected chi connectivity index (χ4v) is 2.46. The van der Waals surface area contributed by atoms with E-state index in [0.717, 1.165) is 12.8 Å². The Hall–Kier alpha value is -1.73. The molecule has 8 heteroatoms. The number of alkyl carbamates (subject to hydrolysis) is 1. The maximum Gasteiger partial charge on any atom is 0.407 e. The van der Waals surface area contributed by atoms with E-state index in [1.54, 1.807) is 20.8 Å². The molecular weight excluding hydrogens is 296 g/mol. The van der Waals surface area contributed by atoms with Gasteiger partial charge in [0.1, 0.15) is 5.60 Å². The predicted molar refractivity (Wildman–Crippen MR) is 73.6 cm³/mol. The van der Waals surface area contributed by atoms with Gasteiger partial charge in [0.15, 0.2) is 0 Å². The lowest BCUT2D eigenvalue weighted by Crippen LogP contribution is -2.40. The Morgan fingerprint density at radius 3 is 2.41 bits per heavy atom. The van der Waals surface area contributed by atoms with Crippen LogP contribution >= 0.6 is 0 Å². The number of ether oxygens (including phenoxy) is 1. The van der Waals surface area contributed by atoms with Crippen LogP contribution in [0.4, 0.5) is 13.6 Å². The lowest BCUT2D eigenvalue weighted by molar-refractivity contribution is 0.0489. The van der Waals surface area contributed by atoms with Crippen molar-refractivity contribution in [2.24, 2.45) is 0 Å². The van der Waals surface area contributed by atoms with Crippen molar-refractivity contribution in [3.8, 4) is 0 Å². The van der Waals surface area contributed by atoms with Crippen LogP contribution in [-0.4, -0.2) is 27.9 Å². The number of hydrogen-bond donors (Lipinski definition) is 1. The number of nitrogens with zero attached hydrogens (tertiary/aromatic N) is 2. The number of rotatable bonds is 3. The van der Waals surface area contributed by atoms with Gasteiger partial charge in [0.05, 0.1) is 0 Å². The van der Waals surface area contributed by atoms with Gasteiger partial charge in [-0.05, 0) is 46.5 Å². The summed E-state index contributed by atoms with van der Waals surface area (Å²) in [6.07, 6.45) is -0.344. The second-order valence-corrected chi connectivity index (χ2v) is 6.47. The Morgan fingerprint density at radius 2 is 1.91 bits per heavy atom. The Morgan fingerprint density at radius 1 is 1.27 bits per heavy atom. The summed E-state index contributed by atoms with van der Waals surface area (Å²) < 4.78 is 35.1. The minimum Gasteiger partial charge on any atom is -0.444 e. The average molecular weight is 317 g/mol. The molecule has 0 bridgehead atoms. The molecule has 1 fully saturated rings. The maximum atomic E-state index is 12.4. The predicted octanol–water partition coefficient (Wildman–Crippen LogP) is 3.56. The molecule has 1 amide bonds. The van der Waals surface area contributed by atoms with Crippen LogP contribution in [-0.2, 0) is 4.74 Å². The second-order valence-electron chi connectivity index (χ2n) is 6.47. The van der Waals surface area contributed by atoms with E-state index in [9.17, 15) is 13.6 Å². The quantitative estimate of drug-likeness (QED) is 0.922. The first-order chi connectivity index (χ1) is 10.2. The normalized spacial score (nSPS) is 22.6. The molecule has 0 unspecified atom stereocenters. The molecule has 2 rings (SSSR count). The minimum absolute atomic E-state index is 0.0172. The molecule has 0 radical (unpaired) electrons. The molecule has 1 aliphatic carbocycles. The van der Waals surface area contributed by atoms with Crippen LogP contribution in [0.3, 0.4) is 0 Å². The van der Waals surface area contributed by atoms with Crippen LogP contribution in [0.2, 0.25) is 0 Å². The first-order valence-electron chi connectivity index (χ1n) is 7.35. The van der Waals surface area contributed by atoms with Gasteiger partial charge in [0.2, 0.25) is 5.89 Å². The van der Waals surface area contributed by atoms with Crippen LogP contribution in [0, 0.1) is 0 Å². The van der Waals surface area contributed by atoms with Gasteiger partial charge in [-0.15, -0.1) is 10.2 Å². The fourth-order valence-electron chi connectivity index (χ4n) is 2.46. The number of alkyl halides is 2. The zero-order chi connectivity index (χ0) is 16.3. The van der Waals surface area contributed by atoms with Crippen molar-refractivity contribution in [1.29, 1.82) is 0 Å². The molecule has 22 heavy (non-hydrogen) atoms. The number of nitrogens with one attached hydrogen (secondary N) is 1. The topological polar surface area (TPSA) is 77.2 Å². The zero-order valence-electron chi connectivity index (χ0n) is 12.9. The van der Waals surface area contributed by atoms with Crippen LogP contribution in [0.1, 0.15) is 70.6 Å². The van der Waals surface area contributed by atoms with Crippen LogP contribution in [0.25, 0.3) is 0 Å². The molecule has 0 atom stereocenters. The van der Waals surface area contributed by atoms with Crippen molar-refractivity contribution >= 4 is 6.09 Å². The van der Waals surface area contributed by atoms with E-state index >= 15 is 0 Å². The van der Waals surface area contributed by atoms with E-state index in [1.807, 2.05) is 0 Å². The Bertz CT molecular complexity index is 506. The van der Waals surface area contributed by atoms with Gasteiger partial charge in [-0.25, -0.2) is 4.79 Å². The van der Waals surface area contributed by atoms with Crippen molar-refractivity contribution in [2.75, 3.05) is 0 Å². The standard InChI is InChI=1S/C14H21F2N3O3/c1-14(2,3)22-13(20)17-9-6-4-8(5-7-9)11-18-19-12(21-11)10(15)16/h8-10H,4-7H2,1-3H3,(H,17,20)/t8-,9-. The summed E-state index contributed by atoms with van der Waals surface area (Å²) in [6.45, 7) is 5.42. The van der Waals surface area contributed by atoms with Gasteiger partial charge >= 0.3 is 12.5 Å². The van der Waals surface area contributed by atoms with Gasteiger partial charge in [-0.2, -0.15) is 8.78 Å². The molecule has 1 aromatic heterocycles. The largest absolute Gasteiger partial charge is 0.444 e. The van der Waals surface area contributed by atoms with Crippen molar-refractivity contribution < 1.29 is 22.7 Å². The molecule has 1 aliphatic rings. The van der Waals surface area contributed by atoms with E-state index in [1.165, 1.54) is 0 Å². The Balaban J connectivity index is 1.81. The number of carbonyl (C=O) groups excluding carboxylic acids is 1. The third kappa shape index (κ3) is 4.64. The molecule has 1 N–H and O–H groups in total. The van der Waals surface area contributed by atoms with E-state index in [-0.39, 0.29) is 17.9 Å². The maximum absolute atomic E-state index is 12.4. The third-order valence-electron chi connectivity index (χ3n) is 3.44. The van der Waals surface area contributed by atoms with E-state index < -0.39 is 24.0 Å². The number of carbonyl (C=O) groups is 1. The van der Waals surface area contributed by atoms with Gasteiger partial charge in [0.25, 0.3) is 5.89 Å². The molecule has 0 saturated heterocycles. The van der Waals surface area contributed by atoms with Gasteiger partial charge in [0, 0.05) is 12.0 Å². The first-order valence-corrected chi connectivity index (χ1v) is 7.35. The summed E-state index contributed by atoms with van der Waals surface area (Å²) in [5.41, 5.74) is -0.531. The molecule has 1 saturated carbocycles. The molecule has 0 spiro atoms. The zero-order valence-corrected chi connectivity index (χ0v) is 12.9. The summed E-state index contributed by atoms with van der Waals surface area (Å²) >= 11 is 0. The lowest BCUT2D eigenvalue weighted by Gasteiger charge is -2.28. The lowest BCUT2D eigenvalue weighted by atomic mass is 9.86. The van der Waals surface area contributed by atoms with Gasteiger partial charge in [-0.1, -0.05) is 0 Å². The molecule has 124 valence electrons. The number of halogens is 2. The van der Waals surface area contributed by atoms with Crippen LogP contribution in [0.5, 0.6) is 0 Å². The highest BCUT2D eigenvalue weighted by atomic mass is 19.3. The number of hydrogen-bond acceptors (Lipinski definition) is 5. The van der Waals surface area contributed by atoms with E-state index in [4.69, 9.17) is 9.15 Å². The van der Waals surface area contributed by atoms with Crippen LogP contribution in [0.15, 0.2) is 4.42 Å². The van der Waals surface area contributed by atoms with Crippen molar-refractivity contribution in [3.05, 3.63) is 11.8 Å². The molecule has 1 aromatic rings. The van der Waals surface area contributed by atoms with Crippen molar-refractivity contribution in [2.45, 2.75) is 70.4 Å².